The summed E-state index contributed by atoms with van der Waals surface area (Å²) in [6, 6.07) is 20.3. The molecule has 1 heterocycles. The smallest absolute Gasteiger partial charge is 0.312 e. The van der Waals surface area contributed by atoms with Crippen molar-refractivity contribution in [2.24, 2.45) is 10.7 Å². The van der Waals surface area contributed by atoms with E-state index >= 15 is 0 Å². The molecule has 2 aromatic carbocycles. The molecule has 0 saturated heterocycles. The van der Waals surface area contributed by atoms with Crippen LogP contribution >= 0.6 is 7.05 Å². The second kappa shape index (κ2) is 5.98. The van der Waals surface area contributed by atoms with Crippen molar-refractivity contribution in [1.82, 2.24) is 0 Å². The van der Waals surface area contributed by atoms with Gasteiger partial charge in [0, 0.05) is 0 Å². The molecule has 1 atom stereocenters. The monoisotopic (exact) mass is 327 g/mol. The molecule has 1 aliphatic heterocycles. The van der Waals surface area contributed by atoms with Crippen LogP contribution in [0.5, 0.6) is 0 Å². The van der Waals surface area contributed by atoms with Gasteiger partial charge in [0.05, 0.1) is 13.0 Å². The molecule has 0 N–H and O–H groups in total. The lowest BCUT2D eigenvalue weighted by atomic mass is 9.74. The third kappa shape index (κ3) is 2.74. The number of nitrogens with zero attached hydrogens (tertiary/aromatic N) is 1. The fourth-order valence-electron chi connectivity index (χ4n) is 3.57. The molecule has 23 heavy (non-hydrogen) atoms. The molecule has 0 spiro atoms. The first kappa shape index (κ1) is 16.0. The van der Waals surface area contributed by atoms with Crippen molar-refractivity contribution in [3.63, 3.8) is 0 Å². The van der Waals surface area contributed by atoms with E-state index in [2.05, 4.69) is 37.6 Å². The van der Waals surface area contributed by atoms with Crippen LogP contribution in [0.25, 0.3) is 0 Å². The van der Waals surface area contributed by atoms with Crippen LogP contribution in [0, 0.1) is 5.92 Å². The number of rotatable bonds is 3. The van der Waals surface area contributed by atoms with Crippen LogP contribution in [0.4, 0.5) is 0 Å². The lowest BCUT2D eigenvalue weighted by Crippen LogP contribution is -2.38. The lowest BCUT2D eigenvalue weighted by Gasteiger charge is -2.33. The number of carbonyl (C=O) groups excluding carboxylic acids is 1. The van der Waals surface area contributed by atoms with Crippen molar-refractivity contribution >= 4 is 13.0 Å². The number of esters is 1. The quantitative estimate of drug-likeness (QED) is 0.626. The van der Waals surface area contributed by atoms with E-state index in [0.29, 0.717) is 0 Å². The molecule has 1 unspecified atom stereocenters. The van der Waals surface area contributed by atoms with Crippen LogP contribution in [-0.2, 0) is 15.1 Å². The molecule has 3 nitrogen and oxygen atoms in total. The summed E-state index contributed by atoms with van der Waals surface area (Å²) in [4.78, 5) is 12.6. The van der Waals surface area contributed by atoms with Crippen LogP contribution in [0.15, 0.2) is 65.4 Å². The minimum Gasteiger partial charge on any atom is -0.469 e. The molecule has 1 aliphatic rings. The molecule has 0 aromatic heterocycles. The van der Waals surface area contributed by atoms with Crippen molar-refractivity contribution in [2.45, 2.75) is 5.54 Å². The first-order valence-electron chi connectivity index (χ1n) is 7.76. The normalized spacial score (nSPS) is 21.4. The fraction of sp³-hybridized carbons (Fsp3) is 0.316. The molecule has 0 saturated carbocycles. The van der Waals surface area contributed by atoms with Crippen LogP contribution < -0.4 is 0 Å². The van der Waals surface area contributed by atoms with Gasteiger partial charge in [-0.05, 0) is 37.7 Å². The number of benzene rings is 2. The van der Waals surface area contributed by atoms with Gasteiger partial charge < -0.3 is 4.74 Å². The SMILES string of the molecule is COC(=O)C1CP(C)(C)=NC1(c1ccccc1)c1ccccc1. The maximum atomic E-state index is 12.6. The third-order valence-electron chi connectivity index (χ3n) is 4.48. The predicted molar refractivity (Wildman–Crippen MR) is 95.2 cm³/mol. The Kier molecular flexibility index (Phi) is 4.16. The van der Waals surface area contributed by atoms with E-state index in [1.807, 2.05) is 36.4 Å². The van der Waals surface area contributed by atoms with Crippen LogP contribution in [0.3, 0.4) is 0 Å². The molecule has 120 valence electrons. The molecule has 4 heteroatoms. The average Bonchev–Trinajstić information content (AvgIpc) is 2.88. The minimum absolute atomic E-state index is 0.174. The summed E-state index contributed by atoms with van der Waals surface area (Å²) >= 11 is 0. The highest BCUT2D eigenvalue weighted by Gasteiger charge is 2.52. The minimum atomic E-state index is -1.54. The molecular weight excluding hydrogens is 305 g/mol. The van der Waals surface area contributed by atoms with E-state index < -0.39 is 12.6 Å². The molecule has 0 bridgehead atoms. The van der Waals surface area contributed by atoms with Gasteiger partial charge in [0.2, 0.25) is 0 Å². The maximum absolute atomic E-state index is 12.6. The number of carbonyl (C=O) groups is 1. The average molecular weight is 327 g/mol. The summed E-state index contributed by atoms with van der Waals surface area (Å²) in [6.45, 7) is 4.38. The van der Waals surface area contributed by atoms with Gasteiger partial charge in [-0.2, -0.15) is 0 Å². The fourth-order valence-corrected chi connectivity index (χ4v) is 6.19. The number of methoxy groups -OCH3 is 1. The lowest BCUT2D eigenvalue weighted by molar-refractivity contribution is -0.146. The number of ether oxygens (including phenoxy) is 1. The van der Waals surface area contributed by atoms with Gasteiger partial charge in [-0.25, -0.2) is 0 Å². The number of hydrogen-bond donors (Lipinski definition) is 0. The van der Waals surface area contributed by atoms with E-state index in [9.17, 15) is 4.79 Å². The standard InChI is InChI=1S/C19H22NO2P/c1-22-18(21)17-14-23(2,3)20-19(17,15-10-6-4-7-11-15)16-12-8-5-9-13-16/h4-13,17H,14H2,1-3H3. The Hall–Kier alpha value is -1.86. The highest BCUT2D eigenvalue weighted by molar-refractivity contribution is 7.65. The Bertz CT molecular complexity index is 710. The number of hydrogen-bond acceptors (Lipinski definition) is 3. The zero-order valence-electron chi connectivity index (χ0n) is 13.8. The summed E-state index contributed by atoms with van der Waals surface area (Å²) in [6.07, 6.45) is 0.781. The molecule has 0 aliphatic carbocycles. The van der Waals surface area contributed by atoms with Crippen LogP contribution in [0.1, 0.15) is 11.1 Å². The first-order chi connectivity index (χ1) is 11.0. The van der Waals surface area contributed by atoms with Crippen molar-refractivity contribution in [2.75, 3.05) is 26.6 Å². The second-order valence-corrected chi connectivity index (χ2v) is 10.3. The summed E-state index contributed by atoms with van der Waals surface area (Å²) in [5.74, 6) is -0.451. The van der Waals surface area contributed by atoms with Crippen molar-refractivity contribution in [3.8, 4) is 0 Å². The Morgan fingerprint density at radius 2 is 1.52 bits per heavy atom. The molecule has 3 rings (SSSR count). The van der Waals surface area contributed by atoms with Gasteiger partial charge in [-0.1, -0.05) is 60.7 Å². The van der Waals surface area contributed by atoms with E-state index in [-0.39, 0.29) is 11.9 Å². The summed E-state index contributed by atoms with van der Waals surface area (Å²) in [7, 11) is -0.0796. The van der Waals surface area contributed by atoms with Crippen molar-refractivity contribution in [3.05, 3.63) is 71.8 Å². The van der Waals surface area contributed by atoms with Crippen molar-refractivity contribution in [1.29, 1.82) is 0 Å². The van der Waals surface area contributed by atoms with Gasteiger partial charge in [-0.3, -0.25) is 9.54 Å². The largest absolute Gasteiger partial charge is 0.469 e. The highest BCUT2D eigenvalue weighted by atomic mass is 31.2. The zero-order valence-corrected chi connectivity index (χ0v) is 14.7. The predicted octanol–water partition coefficient (Wildman–Crippen LogP) is 4.19. The molecule has 0 fully saturated rings. The maximum Gasteiger partial charge on any atom is 0.312 e. The van der Waals surface area contributed by atoms with Gasteiger partial charge in [0.15, 0.2) is 0 Å². The second-order valence-electron chi connectivity index (χ2n) is 6.48. The first-order valence-corrected chi connectivity index (χ1v) is 10.6. The van der Waals surface area contributed by atoms with Gasteiger partial charge in [0.25, 0.3) is 0 Å². The third-order valence-corrected chi connectivity index (χ3v) is 6.59. The van der Waals surface area contributed by atoms with E-state index in [1.54, 1.807) is 0 Å². The van der Waals surface area contributed by atoms with E-state index in [4.69, 9.17) is 9.48 Å². The van der Waals surface area contributed by atoms with Gasteiger partial charge >= 0.3 is 5.97 Å². The Labute approximate surface area is 137 Å². The molecular formula is C19H22NO2P. The Balaban J connectivity index is 2.31. The van der Waals surface area contributed by atoms with Crippen molar-refractivity contribution < 1.29 is 9.53 Å². The van der Waals surface area contributed by atoms with E-state index in [0.717, 1.165) is 17.3 Å². The molecule has 0 radical (unpaired) electrons. The Morgan fingerprint density at radius 3 is 1.96 bits per heavy atom. The summed E-state index contributed by atoms with van der Waals surface area (Å²) < 4.78 is 10.4. The van der Waals surface area contributed by atoms with E-state index in [1.165, 1.54) is 7.11 Å². The zero-order chi connectivity index (χ0) is 16.5. The summed E-state index contributed by atoms with van der Waals surface area (Å²) in [5.41, 5.74) is 1.48. The highest BCUT2D eigenvalue weighted by Crippen LogP contribution is 2.61. The molecule has 2 aromatic rings. The summed E-state index contributed by atoms with van der Waals surface area (Å²) in [5, 5.41) is 0. The van der Waals surface area contributed by atoms with Crippen LogP contribution in [0.2, 0.25) is 0 Å². The topological polar surface area (TPSA) is 38.7 Å². The molecule has 0 amide bonds. The van der Waals surface area contributed by atoms with Gasteiger partial charge in [-0.15, -0.1) is 0 Å². The van der Waals surface area contributed by atoms with Crippen LogP contribution in [-0.4, -0.2) is 32.6 Å². The Morgan fingerprint density at radius 1 is 1.04 bits per heavy atom. The van der Waals surface area contributed by atoms with Gasteiger partial charge in [0.1, 0.15) is 5.54 Å².